The van der Waals surface area contributed by atoms with Crippen LogP contribution in [0.5, 0.6) is 0 Å². The zero-order valence-electron chi connectivity index (χ0n) is 9.26. The first-order valence-electron chi connectivity index (χ1n) is 5.00. The summed E-state index contributed by atoms with van der Waals surface area (Å²) in [5.74, 6) is 0. The Morgan fingerprint density at radius 2 is 2.00 bits per heavy atom. The van der Waals surface area contributed by atoms with E-state index in [1.165, 1.54) is 4.90 Å². The highest BCUT2D eigenvalue weighted by atomic mass is 35.5. The molecule has 1 N–H and O–H groups in total. The largest absolute Gasteiger partial charge is 0.392 e. The number of rotatable bonds is 4. The molecule has 0 aliphatic heterocycles. The molecule has 0 saturated heterocycles. The maximum atomic E-state index is 12.0. The molecule has 1 aromatic carbocycles. The normalized spacial score (nSPS) is 11.6. The Hall–Kier alpha value is -0.940. The topological polar surface area (TPSA) is 23.5 Å². The van der Waals surface area contributed by atoms with Gasteiger partial charge in [0.1, 0.15) is 0 Å². The minimum Gasteiger partial charge on any atom is -0.392 e. The first kappa shape index (κ1) is 14.1. The number of aliphatic hydroxyl groups excluding tert-OH is 1. The monoisotopic (exact) mass is 267 g/mol. The molecule has 0 amide bonds. The van der Waals surface area contributed by atoms with Crippen LogP contribution in [0.15, 0.2) is 18.2 Å². The summed E-state index contributed by atoms with van der Waals surface area (Å²) in [6, 6.07) is 4.78. The lowest BCUT2D eigenvalue weighted by molar-refractivity contribution is -0.132. The van der Waals surface area contributed by atoms with Crippen molar-refractivity contribution in [2.45, 2.75) is 19.2 Å². The van der Waals surface area contributed by atoms with Crippen molar-refractivity contribution in [2.75, 3.05) is 18.5 Å². The molecule has 2 nitrogen and oxygen atoms in total. The molecule has 0 fully saturated rings. The van der Waals surface area contributed by atoms with E-state index in [9.17, 15) is 13.2 Å². The molecule has 0 aliphatic carbocycles. The van der Waals surface area contributed by atoms with Gasteiger partial charge in [-0.3, -0.25) is 0 Å². The average molecular weight is 268 g/mol. The van der Waals surface area contributed by atoms with Crippen molar-refractivity contribution < 1.29 is 18.3 Å². The third kappa shape index (κ3) is 4.44. The van der Waals surface area contributed by atoms with Gasteiger partial charge in [0.2, 0.25) is 0 Å². The van der Waals surface area contributed by atoms with Gasteiger partial charge in [0.25, 0.3) is 0 Å². The highest BCUT2D eigenvalue weighted by molar-refractivity contribution is 6.31. The van der Waals surface area contributed by atoms with Crippen LogP contribution in [-0.4, -0.2) is 24.9 Å². The van der Waals surface area contributed by atoms with Gasteiger partial charge in [-0.05, 0) is 17.7 Å². The third-order valence-electron chi connectivity index (χ3n) is 2.38. The Labute approximate surface area is 103 Å². The van der Waals surface area contributed by atoms with Crippen LogP contribution in [0.1, 0.15) is 12.0 Å². The van der Waals surface area contributed by atoms with Crippen LogP contribution in [0.2, 0.25) is 5.02 Å². The fourth-order valence-corrected chi connectivity index (χ4v) is 1.56. The molecule has 0 bridgehead atoms. The summed E-state index contributed by atoms with van der Waals surface area (Å²) in [5.41, 5.74) is 1.15. The molecule has 0 aromatic heterocycles. The first-order chi connectivity index (χ1) is 7.83. The van der Waals surface area contributed by atoms with Crippen LogP contribution >= 0.6 is 11.6 Å². The third-order valence-corrected chi connectivity index (χ3v) is 2.73. The van der Waals surface area contributed by atoms with E-state index < -0.39 is 12.6 Å². The van der Waals surface area contributed by atoms with Crippen LogP contribution in [0.25, 0.3) is 0 Å². The Kier molecular flexibility index (Phi) is 4.65. The quantitative estimate of drug-likeness (QED) is 0.905. The van der Waals surface area contributed by atoms with Crippen molar-refractivity contribution in [1.82, 2.24) is 0 Å². The molecule has 1 aromatic rings. The van der Waals surface area contributed by atoms with E-state index in [0.29, 0.717) is 16.3 Å². The Morgan fingerprint density at radius 1 is 1.35 bits per heavy atom. The lowest BCUT2D eigenvalue weighted by Gasteiger charge is -2.20. The lowest BCUT2D eigenvalue weighted by Crippen LogP contribution is -2.24. The Balaban J connectivity index is 2.69. The minimum absolute atomic E-state index is 0.127. The van der Waals surface area contributed by atoms with Gasteiger partial charge < -0.3 is 10.0 Å². The van der Waals surface area contributed by atoms with Gasteiger partial charge in [0.15, 0.2) is 0 Å². The highest BCUT2D eigenvalue weighted by Gasteiger charge is 2.27. The number of hydrogen-bond donors (Lipinski definition) is 1. The maximum Gasteiger partial charge on any atom is 0.390 e. The van der Waals surface area contributed by atoms with Gasteiger partial charge in [0.05, 0.1) is 13.0 Å². The first-order valence-corrected chi connectivity index (χ1v) is 5.38. The standard InChI is InChI=1S/C11H13ClF3NO/c1-16(5-4-11(13,14)15)9-3-2-8(7-17)10(12)6-9/h2-3,6,17H,4-5,7H2,1H3. The number of alkyl halides is 3. The Morgan fingerprint density at radius 3 is 2.47 bits per heavy atom. The molecule has 6 heteroatoms. The minimum atomic E-state index is -4.16. The van der Waals surface area contributed by atoms with E-state index in [1.807, 2.05) is 0 Å². The summed E-state index contributed by atoms with van der Waals surface area (Å²) in [4.78, 5) is 1.47. The second-order valence-corrected chi connectivity index (χ2v) is 4.13. The summed E-state index contributed by atoms with van der Waals surface area (Å²) < 4.78 is 36.1. The van der Waals surface area contributed by atoms with Crippen molar-refractivity contribution >= 4 is 17.3 Å². The fourth-order valence-electron chi connectivity index (χ4n) is 1.33. The number of anilines is 1. The molecule has 0 heterocycles. The number of nitrogens with zero attached hydrogens (tertiary/aromatic N) is 1. The van der Waals surface area contributed by atoms with E-state index in [-0.39, 0.29) is 13.2 Å². The van der Waals surface area contributed by atoms with Crippen molar-refractivity contribution in [3.63, 3.8) is 0 Å². The molecule has 0 radical (unpaired) electrons. The predicted molar refractivity (Wildman–Crippen MR) is 61.3 cm³/mol. The molecule has 96 valence electrons. The van der Waals surface area contributed by atoms with E-state index in [0.717, 1.165) is 0 Å². The van der Waals surface area contributed by atoms with Crippen molar-refractivity contribution in [3.05, 3.63) is 28.8 Å². The highest BCUT2D eigenvalue weighted by Crippen LogP contribution is 2.25. The van der Waals surface area contributed by atoms with Crippen LogP contribution in [0.3, 0.4) is 0 Å². The second-order valence-electron chi connectivity index (χ2n) is 3.72. The van der Waals surface area contributed by atoms with Gasteiger partial charge >= 0.3 is 6.18 Å². The van der Waals surface area contributed by atoms with Crippen LogP contribution in [-0.2, 0) is 6.61 Å². The number of aliphatic hydroxyl groups is 1. The van der Waals surface area contributed by atoms with Crippen molar-refractivity contribution in [2.24, 2.45) is 0 Å². The maximum absolute atomic E-state index is 12.0. The average Bonchev–Trinajstić information content (AvgIpc) is 2.24. The summed E-state index contributed by atoms with van der Waals surface area (Å²) in [7, 11) is 1.57. The smallest absolute Gasteiger partial charge is 0.390 e. The van der Waals surface area contributed by atoms with Gasteiger partial charge in [0, 0.05) is 24.3 Å². The zero-order valence-corrected chi connectivity index (χ0v) is 10.0. The molecule has 0 atom stereocenters. The van der Waals surface area contributed by atoms with Crippen molar-refractivity contribution in [3.8, 4) is 0 Å². The van der Waals surface area contributed by atoms with Crippen LogP contribution in [0, 0.1) is 0 Å². The molecular weight excluding hydrogens is 255 g/mol. The molecule has 0 spiro atoms. The predicted octanol–water partition coefficient (Wildman–Crippen LogP) is 3.22. The summed E-state index contributed by atoms with van der Waals surface area (Å²) in [5, 5.41) is 9.26. The lowest BCUT2D eigenvalue weighted by atomic mass is 10.2. The SMILES string of the molecule is CN(CCC(F)(F)F)c1ccc(CO)c(Cl)c1. The van der Waals surface area contributed by atoms with Gasteiger partial charge in [-0.1, -0.05) is 17.7 Å². The van der Waals surface area contributed by atoms with Gasteiger partial charge in [-0.2, -0.15) is 13.2 Å². The van der Waals surface area contributed by atoms with E-state index in [4.69, 9.17) is 16.7 Å². The van der Waals surface area contributed by atoms with Crippen LogP contribution in [0.4, 0.5) is 18.9 Å². The number of benzene rings is 1. The molecule has 17 heavy (non-hydrogen) atoms. The summed E-state index contributed by atoms with van der Waals surface area (Å²) >= 11 is 5.85. The molecule has 1 rings (SSSR count). The Bertz CT molecular complexity index is 381. The summed E-state index contributed by atoms with van der Waals surface area (Å²) in [6.45, 7) is -0.316. The fraction of sp³-hybridized carbons (Fsp3) is 0.455. The molecule has 0 unspecified atom stereocenters. The molecule has 0 saturated carbocycles. The van der Waals surface area contributed by atoms with Crippen molar-refractivity contribution in [1.29, 1.82) is 0 Å². The molecule has 0 aliphatic rings. The number of hydrogen-bond acceptors (Lipinski definition) is 2. The second kappa shape index (κ2) is 5.60. The van der Waals surface area contributed by atoms with Gasteiger partial charge in [-0.15, -0.1) is 0 Å². The zero-order chi connectivity index (χ0) is 13.1. The van der Waals surface area contributed by atoms with Gasteiger partial charge in [-0.25, -0.2) is 0 Å². The van der Waals surface area contributed by atoms with E-state index in [1.54, 1.807) is 25.2 Å². The molecular formula is C11H13ClF3NO. The number of halogens is 4. The summed E-state index contributed by atoms with van der Waals surface area (Å²) in [6.07, 6.45) is -5.04. The van der Waals surface area contributed by atoms with E-state index in [2.05, 4.69) is 0 Å². The van der Waals surface area contributed by atoms with Crippen LogP contribution < -0.4 is 4.90 Å². The van der Waals surface area contributed by atoms with E-state index >= 15 is 0 Å².